The molecule has 0 radical (unpaired) electrons. The number of aromatic carboxylic acids is 1. The molecule has 0 bridgehead atoms. The van der Waals surface area contributed by atoms with Crippen molar-refractivity contribution in [2.45, 2.75) is 0 Å². The first-order valence-electron chi connectivity index (χ1n) is 4.87. The third-order valence-corrected chi connectivity index (χ3v) is 2.61. The number of carboxylic acids is 1. The number of rotatable bonds is 2. The first kappa shape index (κ1) is 11.6. The third kappa shape index (κ3) is 2.29. The van der Waals surface area contributed by atoms with E-state index in [2.05, 4.69) is 0 Å². The molecule has 0 fully saturated rings. The average molecular weight is 251 g/mol. The lowest BCUT2D eigenvalue weighted by Gasteiger charge is -2.07. The molecule has 0 spiro atoms. The molecule has 0 unspecified atom stereocenters. The lowest BCUT2D eigenvalue weighted by atomic mass is 9.99. The Morgan fingerprint density at radius 3 is 2.47 bits per heavy atom. The fourth-order valence-corrected chi connectivity index (χ4v) is 1.77. The van der Waals surface area contributed by atoms with Gasteiger partial charge in [-0.2, -0.15) is 0 Å². The van der Waals surface area contributed by atoms with E-state index in [0.29, 0.717) is 5.56 Å². The fourth-order valence-electron chi connectivity index (χ4n) is 1.61. The van der Waals surface area contributed by atoms with E-state index in [1.807, 2.05) is 0 Å². The maximum absolute atomic E-state index is 13.7. The van der Waals surface area contributed by atoms with Gasteiger partial charge in [0.1, 0.15) is 5.82 Å². The van der Waals surface area contributed by atoms with Gasteiger partial charge in [0.15, 0.2) is 0 Å². The Labute approximate surface area is 102 Å². The molecule has 0 amide bonds. The van der Waals surface area contributed by atoms with Gasteiger partial charge in [-0.1, -0.05) is 29.8 Å². The molecule has 86 valence electrons. The number of benzene rings is 2. The van der Waals surface area contributed by atoms with Gasteiger partial charge in [-0.3, -0.25) is 0 Å². The van der Waals surface area contributed by atoms with E-state index < -0.39 is 11.8 Å². The van der Waals surface area contributed by atoms with Gasteiger partial charge in [0, 0.05) is 10.6 Å². The standard InChI is InChI=1S/C13H8ClFO2/c14-8-5-6-10(12(15)7-8)9-3-1-2-4-11(9)13(16)17/h1-7H,(H,16,17). The van der Waals surface area contributed by atoms with Crippen LogP contribution in [0.5, 0.6) is 0 Å². The van der Waals surface area contributed by atoms with Crippen LogP contribution < -0.4 is 0 Å². The van der Waals surface area contributed by atoms with E-state index in [0.717, 1.165) is 6.07 Å². The molecule has 2 rings (SSSR count). The van der Waals surface area contributed by atoms with Crippen LogP contribution in [0.2, 0.25) is 5.02 Å². The summed E-state index contributed by atoms with van der Waals surface area (Å²) in [6, 6.07) is 10.4. The molecule has 0 atom stereocenters. The van der Waals surface area contributed by atoms with Crippen LogP contribution in [-0.4, -0.2) is 11.1 Å². The van der Waals surface area contributed by atoms with Gasteiger partial charge in [-0.05, 0) is 29.8 Å². The second-order valence-corrected chi connectivity index (χ2v) is 3.91. The minimum absolute atomic E-state index is 0.0636. The largest absolute Gasteiger partial charge is 0.478 e. The molecule has 0 aliphatic heterocycles. The summed E-state index contributed by atoms with van der Waals surface area (Å²) < 4.78 is 13.7. The molecule has 0 saturated carbocycles. The summed E-state index contributed by atoms with van der Waals surface area (Å²) in [6.07, 6.45) is 0. The number of carboxylic acid groups (broad SMARTS) is 1. The zero-order valence-electron chi connectivity index (χ0n) is 8.65. The van der Waals surface area contributed by atoms with Crippen molar-refractivity contribution in [2.24, 2.45) is 0 Å². The van der Waals surface area contributed by atoms with E-state index in [1.54, 1.807) is 18.2 Å². The molecular formula is C13H8ClFO2. The highest BCUT2D eigenvalue weighted by atomic mass is 35.5. The maximum atomic E-state index is 13.7. The summed E-state index contributed by atoms with van der Waals surface area (Å²) in [7, 11) is 0. The van der Waals surface area contributed by atoms with E-state index in [-0.39, 0.29) is 16.1 Å². The monoisotopic (exact) mass is 250 g/mol. The van der Waals surface area contributed by atoms with Crippen LogP contribution in [0, 0.1) is 5.82 Å². The summed E-state index contributed by atoms with van der Waals surface area (Å²) in [5.74, 6) is -1.62. The van der Waals surface area contributed by atoms with Crippen molar-refractivity contribution >= 4 is 17.6 Å². The minimum atomic E-state index is -1.09. The fraction of sp³-hybridized carbons (Fsp3) is 0. The van der Waals surface area contributed by atoms with Crippen molar-refractivity contribution in [3.05, 3.63) is 58.9 Å². The first-order chi connectivity index (χ1) is 8.09. The zero-order chi connectivity index (χ0) is 12.4. The number of hydrogen-bond donors (Lipinski definition) is 1. The Morgan fingerprint density at radius 2 is 1.82 bits per heavy atom. The van der Waals surface area contributed by atoms with Gasteiger partial charge in [-0.15, -0.1) is 0 Å². The molecular weight excluding hydrogens is 243 g/mol. The second kappa shape index (κ2) is 4.55. The SMILES string of the molecule is O=C(O)c1ccccc1-c1ccc(Cl)cc1F. The molecule has 2 aromatic rings. The van der Waals surface area contributed by atoms with Crippen LogP contribution in [0.25, 0.3) is 11.1 Å². The summed E-state index contributed by atoms with van der Waals surface area (Å²) >= 11 is 5.65. The normalized spacial score (nSPS) is 10.2. The van der Waals surface area contributed by atoms with Crippen LogP contribution in [-0.2, 0) is 0 Å². The zero-order valence-corrected chi connectivity index (χ0v) is 9.41. The van der Waals surface area contributed by atoms with Crippen molar-refractivity contribution in [2.75, 3.05) is 0 Å². The van der Waals surface area contributed by atoms with Gasteiger partial charge in [0.2, 0.25) is 0 Å². The van der Waals surface area contributed by atoms with Crippen molar-refractivity contribution in [3.63, 3.8) is 0 Å². The van der Waals surface area contributed by atoms with E-state index in [4.69, 9.17) is 16.7 Å². The quantitative estimate of drug-likeness (QED) is 0.879. The lowest BCUT2D eigenvalue weighted by molar-refractivity contribution is 0.0697. The highest BCUT2D eigenvalue weighted by molar-refractivity contribution is 6.30. The third-order valence-electron chi connectivity index (χ3n) is 2.38. The average Bonchev–Trinajstić information content (AvgIpc) is 2.29. The Bertz CT molecular complexity index is 581. The molecule has 0 saturated heterocycles. The summed E-state index contributed by atoms with van der Waals surface area (Å²) in [6.45, 7) is 0. The van der Waals surface area contributed by atoms with Crippen LogP contribution >= 0.6 is 11.6 Å². The highest BCUT2D eigenvalue weighted by Crippen LogP contribution is 2.28. The van der Waals surface area contributed by atoms with Crippen LogP contribution in [0.4, 0.5) is 4.39 Å². The van der Waals surface area contributed by atoms with Crippen LogP contribution in [0.15, 0.2) is 42.5 Å². The first-order valence-corrected chi connectivity index (χ1v) is 5.25. The van der Waals surface area contributed by atoms with Gasteiger partial charge in [0.25, 0.3) is 0 Å². The van der Waals surface area contributed by atoms with E-state index >= 15 is 0 Å². The number of halogens is 2. The van der Waals surface area contributed by atoms with E-state index in [9.17, 15) is 9.18 Å². The lowest BCUT2D eigenvalue weighted by Crippen LogP contribution is -2.00. The molecule has 0 heterocycles. The second-order valence-electron chi connectivity index (χ2n) is 3.47. The molecule has 2 nitrogen and oxygen atoms in total. The Balaban J connectivity index is 2.64. The summed E-state index contributed by atoms with van der Waals surface area (Å²) in [5.41, 5.74) is 0.635. The van der Waals surface area contributed by atoms with Crippen LogP contribution in [0.3, 0.4) is 0 Å². The maximum Gasteiger partial charge on any atom is 0.336 e. The Kier molecular flexibility index (Phi) is 3.11. The Morgan fingerprint density at radius 1 is 1.12 bits per heavy atom. The topological polar surface area (TPSA) is 37.3 Å². The van der Waals surface area contributed by atoms with Crippen molar-refractivity contribution in [1.29, 1.82) is 0 Å². The summed E-state index contributed by atoms with van der Waals surface area (Å²) in [5, 5.41) is 9.30. The molecule has 17 heavy (non-hydrogen) atoms. The van der Waals surface area contributed by atoms with E-state index in [1.165, 1.54) is 18.2 Å². The molecule has 0 aromatic heterocycles. The van der Waals surface area contributed by atoms with Crippen molar-refractivity contribution < 1.29 is 14.3 Å². The number of carbonyl (C=O) groups is 1. The predicted octanol–water partition coefficient (Wildman–Crippen LogP) is 3.84. The molecule has 1 N–H and O–H groups in total. The van der Waals surface area contributed by atoms with Gasteiger partial charge < -0.3 is 5.11 Å². The summed E-state index contributed by atoms with van der Waals surface area (Å²) in [4.78, 5) is 11.0. The van der Waals surface area contributed by atoms with Crippen molar-refractivity contribution in [1.82, 2.24) is 0 Å². The van der Waals surface area contributed by atoms with Gasteiger partial charge >= 0.3 is 5.97 Å². The molecule has 0 aliphatic rings. The smallest absolute Gasteiger partial charge is 0.336 e. The highest BCUT2D eigenvalue weighted by Gasteiger charge is 2.13. The van der Waals surface area contributed by atoms with Crippen molar-refractivity contribution in [3.8, 4) is 11.1 Å². The Hall–Kier alpha value is -1.87. The predicted molar refractivity (Wildman–Crippen MR) is 63.8 cm³/mol. The van der Waals surface area contributed by atoms with Crippen LogP contribution in [0.1, 0.15) is 10.4 Å². The molecule has 4 heteroatoms. The molecule has 0 aliphatic carbocycles. The number of hydrogen-bond acceptors (Lipinski definition) is 1. The van der Waals surface area contributed by atoms with Gasteiger partial charge in [-0.25, -0.2) is 9.18 Å². The van der Waals surface area contributed by atoms with Gasteiger partial charge in [0.05, 0.1) is 5.56 Å². The minimum Gasteiger partial charge on any atom is -0.478 e. The molecule has 2 aromatic carbocycles.